The lowest BCUT2D eigenvalue weighted by molar-refractivity contribution is 0.0877. The largest absolute Gasteiger partial charge is 0.487 e. The molecule has 0 unspecified atom stereocenters. The van der Waals surface area contributed by atoms with Crippen LogP contribution in [0, 0.1) is 5.41 Å². The average molecular weight is 316 g/mol. The number of Topliss-reactive ketones (excluding diaryl/α,β-unsaturated/α-hetero) is 1. The van der Waals surface area contributed by atoms with Gasteiger partial charge in [0, 0.05) is 24.3 Å². The molecule has 1 aliphatic carbocycles. The van der Waals surface area contributed by atoms with Crippen molar-refractivity contribution in [2.24, 2.45) is 5.41 Å². The minimum absolute atomic E-state index is 0.0607. The van der Waals surface area contributed by atoms with Gasteiger partial charge < -0.3 is 18.6 Å². The number of benzene rings is 1. The molecule has 1 aliphatic heterocycles. The third-order valence-corrected chi connectivity index (χ3v) is 4.35. The summed E-state index contributed by atoms with van der Waals surface area (Å²) in [7, 11) is 0. The van der Waals surface area contributed by atoms with E-state index >= 15 is 0 Å². The zero-order valence-corrected chi connectivity index (χ0v) is 13.4. The summed E-state index contributed by atoms with van der Waals surface area (Å²) in [5.74, 6) is 2.20. The zero-order valence-electron chi connectivity index (χ0n) is 13.4. The molecule has 0 radical (unpaired) electrons. The van der Waals surface area contributed by atoms with Crippen LogP contribution in [0.3, 0.4) is 0 Å². The van der Waals surface area contributed by atoms with Crippen LogP contribution in [0.1, 0.15) is 36.4 Å². The van der Waals surface area contributed by atoms with E-state index in [4.69, 9.17) is 18.6 Å². The molecule has 2 heterocycles. The van der Waals surface area contributed by atoms with Gasteiger partial charge in [0.15, 0.2) is 17.3 Å². The van der Waals surface area contributed by atoms with Crippen LogP contribution >= 0.6 is 0 Å². The molecular formula is C18H20O5. The Bertz CT molecular complexity index is 771. The summed E-state index contributed by atoms with van der Waals surface area (Å²) >= 11 is 0. The second-order valence-corrected chi connectivity index (χ2v) is 6.95. The molecule has 0 fully saturated rings. The lowest BCUT2D eigenvalue weighted by atomic mass is 9.76. The minimum atomic E-state index is -0.0607. The van der Waals surface area contributed by atoms with E-state index < -0.39 is 0 Å². The Balaban J connectivity index is 1.84. The van der Waals surface area contributed by atoms with Crippen molar-refractivity contribution >= 4 is 16.8 Å². The van der Waals surface area contributed by atoms with Gasteiger partial charge in [0.2, 0.25) is 0 Å². The van der Waals surface area contributed by atoms with Crippen LogP contribution in [-0.2, 0) is 11.2 Å². The molecule has 1 aromatic carbocycles. The van der Waals surface area contributed by atoms with E-state index in [0.29, 0.717) is 55.5 Å². The molecule has 122 valence electrons. The number of ketones is 1. The maximum atomic E-state index is 12.6. The van der Waals surface area contributed by atoms with Gasteiger partial charge in [-0.05, 0) is 11.5 Å². The Labute approximate surface area is 134 Å². The molecule has 4 rings (SSSR count). The van der Waals surface area contributed by atoms with Crippen LogP contribution < -0.4 is 9.47 Å². The van der Waals surface area contributed by atoms with E-state index in [1.54, 1.807) is 0 Å². The molecule has 0 spiro atoms. The normalized spacial score (nSPS) is 20.5. The first-order chi connectivity index (χ1) is 11.0. The number of furan rings is 1. The van der Waals surface area contributed by atoms with Gasteiger partial charge in [0.1, 0.15) is 24.6 Å². The molecule has 5 nitrogen and oxygen atoms in total. The Morgan fingerprint density at radius 3 is 2.39 bits per heavy atom. The molecule has 0 amide bonds. The second kappa shape index (κ2) is 5.27. The molecule has 0 bridgehead atoms. The number of carbonyl (C=O) groups is 1. The Kier molecular flexibility index (Phi) is 3.34. The van der Waals surface area contributed by atoms with E-state index in [9.17, 15) is 4.79 Å². The van der Waals surface area contributed by atoms with Crippen molar-refractivity contribution in [3.63, 3.8) is 0 Å². The fraction of sp³-hybridized carbons (Fsp3) is 0.500. The second-order valence-electron chi connectivity index (χ2n) is 6.95. The maximum absolute atomic E-state index is 12.6. The number of hydrogen-bond donors (Lipinski definition) is 0. The lowest BCUT2D eigenvalue weighted by Crippen LogP contribution is -2.25. The van der Waals surface area contributed by atoms with Crippen LogP contribution in [-0.4, -0.2) is 32.2 Å². The molecular weight excluding hydrogens is 296 g/mol. The zero-order chi connectivity index (χ0) is 16.0. The third kappa shape index (κ3) is 2.59. The molecule has 1 aromatic heterocycles. The number of rotatable bonds is 0. The van der Waals surface area contributed by atoms with Gasteiger partial charge in [-0.25, -0.2) is 0 Å². The fourth-order valence-corrected chi connectivity index (χ4v) is 3.35. The summed E-state index contributed by atoms with van der Waals surface area (Å²) in [6.45, 7) is 6.17. The highest BCUT2D eigenvalue weighted by Gasteiger charge is 2.35. The molecule has 23 heavy (non-hydrogen) atoms. The quantitative estimate of drug-likeness (QED) is 0.746. The highest BCUT2D eigenvalue weighted by Crippen LogP contribution is 2.43. The molecule has 5 heteroatoms. The van der Waals surface area contributed by atoms with Gasteiger partial charge in [-0.3, -0.25) is 4.79 Å². The van der Waals surface area contributed by atoms with Gasteiger partial charge in [-0.2, -0.15) is 0 Å². The van der Waals surface area contributed by atoms with Crippen molar-refractivity contribution in [3.05, 3.63) is 23.5 Å². The summed E-state index contributed by atoms with van der Waals surface area (Å²) in [6.07, 6.45) is 1.31. The number of fused-ring (bicyclic) bond motifs is 4. The van der Waals surface area contributed by atoms with Crippen LogP contribution in [0.15, 0.2) is 16.5 Å². The van der Waals surface area contributed by atoms with E-state index in [2.05, 4.69) is 13.8 Å². The molecule has 0 saturated heterocycles. The highest BCUT2D eigenvalue weighted by atomic mass is 16.6. The smallest absolute Gasteiger partial charge is 0.167 e. The minimum Gasteiger partial charge on any atom is -0.487 e. The van der Waals surface area contributed by atoms with E-state index in [-0.39, 0.29) is 11.2 Å². The fourth-order valence-electron chi connectivity index (χ4n) is 3.35. The summed E-state index contributed by atoms with van der Waals surface area (Å²) < 4.78 is 22.8. The molecule has 0 N–H and O–H groups in total. The third-order valence-electron chi connectivity index (χ3n) is 4.35. The topological polar surface area (TPSA) is 57.9 Å². The van der Waals surface area contributed by atoms with E-state index in [0.717, 1.165) is 17.6 Å². The SMILES string of the molecule is CC1(C)CC(=O)c2c(oc3cc4c(cc23)OCCOCCO4)C1. The molecule has 2 aliphatic rings. The van der Waals surface area contributed by atoms with Crippen LogP contribution in [0.2, 0.25) is 0 Å². The van der Waals surface area contributed by atoms with Gasteiger partial charge in [-0.15, -0.1) is 0 Å². The molecule has 2 aromatic rings. The monoisotopic (exact) mass is 316 g/mol. The Hall–Kier alpha value is -2.01. The van der Waals surface area contributed by atoms with Crippen molar-refractivity contribution in [3.8, 4) is 11.5 Å². The maximum Gasteiger partial charge on any atom is 0.167 e. The summed E-state index contributed by atoms with van der Waals surface area (Å²) in [6, 6.07) is 3.70. The summed E-state index contributed by atoms with van der Waals surface area (Å²) in [4.78, 5) is 12.6. The molecule has 0 atom stereocenters. The first-order valence-electron chi connectivity index (χ1n) is 7.99. The Morgan fingerprint density at radius 2 is 1.65 bits per heavy atom. The number of ether oxygens (including phenoxy) is 3. The van der Waals surface area contributed by atoms with Crippen molar-refractivity contribution in [1.82, 2.24) is 0 Å². The van der Waals surface area contributed by atoms with Gasteiger partial charge in [0.05, 0.1) is 18.8 Å². The van der Waals surface area contributed by atoms with E-state index in [1.165, 1.54) is 0 Å². The van der Waals surface area contributed by atoms with Crippen molar-refractivity contribution in [1.29, 1.82) is 0 Å². The average Bonchev–Trinajstić information content (AvgIpc) is 2.85. The predicted molar refractivity (Wildman–Crippen MR) is 84.5 cm³/mol. The predicted octanol–water partition coefficient (Wildman–Crippen LogP) is 3.38. The lowest BCUT2D eigenvalue weighted by Gasteiger charge is -2.27. The van der Waals surface area contributed by atoms with Crippen LogP contribution in [0.4, 0.5) is 0 Å². The number of carbonyl (C=O) groups excluding carboxylic acids is 1. The summed E-state index contributed by atoms with van der Waals surface area (Å²) in [5.41, 5.74) is 1.33. The van der Waals surface area contributed by atoms with Gasteiger partial charge >= 0.3 is 0 Å². The van der Waals surface area contributed by atoms with E-state index in [1.807, 2.05) is 12.1 Å². The Morgan fingerprint density at radius 1 is 0.957 bits per heavy atom. The number of hydrogen-bond acceptors (Lipinski definition) is 5. The van der Waals surface area contributed by atoms with Crippen LogP contribution in [0.5, 0.6) is 11.5 Å². The van der Waals surface area contributed by atoms with Gasteiger partial charge in [-0.1, -0.05) is 13.8 Å². The first kappa shape index (κ1) is 14.6. The van der Waals surface area contributed by atoms with Gasteiger partial charge in [0.25, 0.3) is 0 Å². The molecule has 0 saturated carbocycles. The van der Waals surface area contributed by atoms with Crippen molar-refractivity contribution in [2.75, 3.05) is 26.4 Å². The first-order valence-corrected chi connectivity index (χ1v) is 7.99. The summed E-state index contributed by atoms with van der Waals surface area (Å²) in [5, 5.41) is 0.822. The standard InChI is InChI=1S/C18H20O5/c1-18(2)9-12(19)17-11-7-14-15(8-13(11)23-16(17)10-18)22-6-4-20-3-5-21-14/h7-8H,3-6,9-10H2,1-2H3. The van der Waals surface area contributed by atoms with Crippen molar-refractivity contribution in [2.45, 2.75) is 26.7 Å². The van der Waals surface area contributed by atoms with Crippen molar-refractivity contribution < 1.29 is 23.4 Å². The highest BCUT2D eigenvalue weighted by molar-refractivity contribution is 6.10. The van der Waals surface area contributed by atoms with Crippen LogP contribution in [0.25, 0.3) is 11.0 Å².